The van der Waals surface area contributed by atoms with Crippen molar-refractivity contribution in [3.63, 3.8) is 0 Å². The average molecular weight is 206 g/mol. The number of para-hydroxylation sites is 1. The largest absolute Gasteiger partial charge is 0.508 e. The van der Waals surface area contributed by atoms with Gasteiger partial charge in [-0.25, -0.2) is 0 Å². The lowest BCUT2D eigenvalue weighted by Crippen LogP contribution is -2.10. The second-order valence-corrected chi connectivity index (χ2v) is 5.04. The zero-order chi connectivity index (χ0) is 11.4. The quantitative estimate of drug-likeness (QED) is 0.783. The minimum atomic E-state index is 0.442. The molecule has 0 saturated heterocycles. The molecule has 0 aliphatic carbocycles. The molecular weight excluding hydrogens is 184 g/mol. The molecule has 0 saturated carbocycles. The zero-order valence-corrected chi connectivity index (χ0v) is 10.2. The third-order valence-electron chi connectivity index (χ3n) is 2.87. The van der Waals surface area contributed by atoms with Gasteiger partial charge in [-0.1, -0.05) is 45.9 Å². The highest BCUT2D eigenvalue weighted by Gasteiger charge is 2.19. The van der Waals surface area contributed by atoms with Crippen molar-refractivity contribution in [2.24, 2.45) is 11.8 Å². The molecule has 1 atom stereocenters. The Hall–Kier alpha value is -0.980. The molecule has 1 unspecified atom stereocenters. The maximum atomic E-state index is 9.84. The van der Waals surface area contributed by atoms with Gasteiger partial charge in [-0.3, -0.25) is 0 Å². The lowest BCUT2D eigenvalue weighted by Gasteiger charge is -2.24. The minimum absolute atomic E-state index is 0.442. The second-order valence-electron chi connectivity index (χ2n) is 5.04. The smallest absolute Gasteiger partial charge is 0.119 e. The van der Waals surface area contributed by atoms with E-state index < -0.39 is 0 Å². The van der Waals surface area contributed by atoms with Crippen LogP contribution >= 0.6 is 0 Å². The van der Waals surface area contributed by atoms with E-state index in [1.54, 1.807) is 6.07 Å². The third kappa shape index (κ3) is 3.26. The fraction of sp³-hybridized carbons (Fsp3) is 0.571. The summed E-state index contributed by atoms with van der Waals surface area (Å²) in [7, 11) is 0. The first-order valence-electron chi connectivity index (χ1n) is 5.80. The van der Waals surface area contributed by atoms with E-state index in [-0.39, 0.29) is 0 Å². The van der Waals surface area contributed by atoms with Gasteiger partial charge in [-0.15, -0.1) is 0 Å². The highest BCUT2D eigenvalue weighted by molar-refractivity contribution is 5.35. The fourth-order valence-corrected chi connectivity index (χ4v) is 2.07. The van der Waals surface area contributed by atoms with Crippen LogP contribution in [0.15, 0.2) is 24.3 Å². The molecule has 1 heteroatoms. The van der Waals surface area contributed by atoms with Crippen molar-refractivity contribution in [1.29, 1.82) is 0 Å². The van der Waals surface area contributed by atoms with Crippen LogP contribution in [0, 0.1) is 11.8 Å². The summed E-state index contributed by atoms with van der Waals surface area (Å²) in [6.45, 7) is 8.91. The molecule has 0 aliphatic heterocycles. The Morgan fingerprint density at radius 3 is 2.13 bits per heavy atom. The maximum Gasteiger partial charge on any atom is 0.119 e. The van der Waals surface area contributed by atoms with Gasteiger partial charge in [0.25, 0.3) is 0 Å². The first-order chi connectivity index (χ1) is 7.02. The van der Waals surface area contributed by atoms with Gasteiger partial charge in [0.15, 0.2) is 0 Å². The van der Waals surface area contributed by atoms with Crippen molar-refractivity contribution in [3.8, 4) is 5.75 Å². The number of phenols is 1. The van der Waals surface area contributed by atoms with Gasteiger partial charge in [-0.05, 0) is 35.8 Å². The van der Waals surface area contributed by atoms with Crippen molar-refractivity contribution in [3.05, 3.63) is 29.8 Å². The molecule has 0 fully saturated rings. The first-order valence-corrected chi connectivity index (χ1v) is 5.80. The number of hydrogen-bond acceptors (Lipinski definition) is 1. The van der Waals surface area contributed by atoms with E-state index in [1.807, 2.05) is 18.2 Å². The molecule has 1 N–H and O–H groups in total. The number of rotatable bonds is 4. The molecule has 84 valence electrons. The zero-order valence-electron chi connectivity index (χ0n) is 10.2. The van der Waals surface area contributed by atoms with Crippen molar-refractivity contribution in [2.75, 3.05) is 0 Å². The fourth-order valence-electron chi connectivity index (χ4n) is 2.07. The van der Waals surface area contributed by atoms with Gasteiger partial charge in [0.1, 0.15) is 5.75 Å². The van der Waals surface area contributed by atoms with Crippen LogP contribution in [0.1, 0.15) is 45.6 Å². The van der Waals surface area contributed by atoms with Gasteiger partial charge in [-0.2, -0.15) is 0 Å². The van der Waals surface area contributed by atoms with E-state index in [0.717, 1.165) is 12.0 Å². The van der Waals surface area contributed by atoms with E-state index in [2.05, 4.69) is 27.7 Å². The maximum absolute atomic E-state index is 9.84. The van der Waals surface area contributed by atoms with E-state index in [0.29, 0.717) is 23.5 Å². The van der Waals surface area contributed by atoms with Gasteiger partial charge in [0.2, 0.25) is 0 Å². The van der Waals surface area contributed by atoms with Crippen LogP contribution in [-0.4, -0.2) is 5.11 Å². The Bertz CT molecular complexity index is 302. The van der Waals surface area contributed by atoms with Crippen LogP contribution < -0.4 is 0 Å². The standard InChI is InChI=1S/C14H22O/c1-10(2)9-13(11(3)4)12-7-5-6-8-14(12)15/h5-8,10-11,13,15H,9H2,1-4H3. The molecule has 1 aromatic rings. The Labute approximate surface area is 93.1 Å². The topological polar surface area (TPSA) is 20.2 Å². The van der Waals surface area contributed by atoms with E-state index >= 15 is 0 Å². The summed E-state index contributed by atoms with van der Waals surface area (Å²) in [6, 6.07) is 7.71. The van der Waals surface area contributed by atoms with Gasteiger partial charge in [0.05, 0.1) is 0 Å². The van der Waals surface area contributed by atoms with Crippen molar-refractivity contribution < 1.29 is 5.11 Å². The minimum Gasteiger partial charge on any atom is -0.508 e. The number of phenolic OH excluding ortho intramolecular Hbond substituents is 1. The van der Waals surface area contributed by atoms with Gasteiger partial charge in [0, 0.05) is 0 Å². The molecule has 0 heterocycles. The molecule has 15 heavy (non-hydrogen) atoms. The Kier molecular flexibility index (Phi) is 4.19. The highest BCUT2D eigenvalue weighted by Crippen LogP contribution is 2.35. The van der Waals surface area contributed by atoms with Crippen molar-refractivity contribution in [2.45, 2.75) is 40.0 Å². The lowest BCUT2D eigenvalue weighted by molar-refractivity contribution is 0.387. The summed E-state index contributed by atoms with van der Waals surface area (Å²) in [4.78, 5) is 0. The SMILES string of the molecule is CC(C)CC(c1ccccc1O)C(C)C. The molecule has 1 rings (SSSR count). The average Bonchev–Trinajstić information content (AvgIpc) is 2.15. The van der Waals surface area contributed by atoms with E-state index in [1.165, 1.54) is 0 Å². The first kappa shape index (κ1) is 12.1. The second kappa shape index (κ2) is 5.20. The number of benzene rings is 1. The van der Waals surface area contributed by atoms with Gasteiger partial charge >= 0.3 is 0 Å². The van der Waals surface area contributed by atoms with Crippen LogP contribution in [0.5, 0.6) is 5.75 Å². The predicted octanol–water partition coefficient (Wildman–Crippen LogP) is 4.18. The summed E-state index contributed by atoms with van der Waals surface area (Å²) >= 11 is 0. The molecular formula is C14H22O. The summed E-state index contributed by atoms with van der Waals surface area (Å²) in [5.74, 6) is 2.14. The lowest BCUT2D eigenvalue weighted by atomic mass is 9.82. The van der Waals surface area contributed by atoms with Crippen LogP contribution in [-0.2, 0) is 0 Å². The molecule has 0 amide bonds. The molecule has 1 nitrogen and oxygen atoms in total. The normalized spacial score (nSPS) is 13.5. The Morgan fingerprint density at radius 1 is 1.07 bits per heavy atom. The predicted molar refractivity (Wildman–Crippen MR) is 65.1 cm³/mol. The van der Waals surface area contributed by atoms with Crippen molar-refractivity contribution in [1.82, 2.24) is 0 Å². The van der Waals surface area contributed by atoms with Crippen LogP contribution in [0.3, 0.4) is 0 Å². The summed E-state index contributed by atoms with van der Waals surface area (Å²) in [5, 5.41) is 9.84. The highest BCUT2D eigenvalue weighted by atomic mass is 16.3. The third-order valence-corrected chi connectivity index (χ3v) is 2.87. The van der Waals surface area contributed by atoms with Crippen LogP contribution in [0.25, 0.3) is 0 Å². The van der Waals surface area contributed by atoms with E-state index in [9.17, 15) is 5.11 Å². The van der Waals surface area contributed by atoms with E-state index in [4.69, 9.17) is 0 Å². The van der Waals surface area contributed by atoms with Gasteiger partial charge < -0.3 is 5.11 Å². The Morgan fingerprint density at radius 2 is 1.67 bits per heavy atom. The van der Waals surface area contributed by atoms with Crippen LogP contribution in [0.4, 0.5) is 0 Å². The molecule has 0 spiro atoms. The molecule has 1 aromatic carbocycles. The number of aromatic hydroxyl groups is 1. The van der Waals surface area contributed by atoms with Crippen LogP contribution in [0.2, 0.25) is 0 Å². The monoisotopic (exact) mass is 206 g/mol. The van der Waals surface area contributed by atoms with Crippen molar-refractivity contribution >= 4 is 0 Å². The summed E-state index contributed by atoms with van der Waals surface area (Å²) in [6.07, 6.45) is 1.13. The summed E-state index contributed by atoms with van der Waals surface area (Å²) in [5.41, 5.74) is 1.10. The molecule has 0 radical (unpaired) electrons. The molecule has 0 bridgehead atoms. The molecule has 0 aliphatic rings. The summed E-state index contributed by atoms with van der Waals surface area (Å²) < 4.78 is 0. The molecule has 0 aromatic heterocycles. The number of hydrogen-bond donors (Lipinski definition) is 1. The Balaban J connectivity index is 2.94.